The number of benzene rings is 3. The molecule has 2 nitrogen and oxygen atoms in total. The molecule has 3 heterocycles. The molecule has 0 saturated heterocycles. The molecular weight excluding hydrogens is 569 g/mol. The lowest BCUT2D eigenvalue weighted by Gasteiger charge is -2.31. The van der Waals surface area contributed by atoms with E-state index < -0.39 is 0 Å². The number of aromatic nitrogens is 1. The number of aryl methyl sites for hydroxylation is 2. The van der Waals surface area contributed by atoms with E-state index in [-0.39, 0.29) is 5.41 Å². The van der Waals surface area contributed by atoms with E-state index in [0.29, 0.717) is 0 Å². The predicted molar refractivity (Wildman–Crippen MR) is 186 cm³/mol. The highest BCUT2D eigenvalue weighted by Crippen LogP contribution is 2.49. The Hall–Kier alpha value is -3.12. The standard InChI is InChI=1S/C37H37N2S3/c1-6-38-30-14-12-24(3)16-34(30)42-35(38)18-25-17-26(22-37(4,5)21-25)19-36-39(7-2)31-20-27(13-15-33(31)41-36)29-23-40-32-11-9-8-10-28(29)32/h8-20,23H,6-7,21-22H2,1-5H3/q+1. The maximum atomic E-state index is 2.50. The zero-order chi connectivity index (χ0) is 29.0. The molecule has 2 aromatic heterocycles. The summed E-state index contributed by atoms with van der Waals surface area (Å²) in [5.41, 5.74) is 9.71. The van der Waals surface area contributed by atoms with Gasteiger partial charge in [-0.2, -0.15) is 4.57 Å². The fourth-order valence-electron chi connectivity index (χ4n) is 6.56. The number of thiazole rings is 1. The topological polar surface area (TPSA) is 7.12 Å². The minimum Gasteiger partial charge on any atom is -0.335 e. The molecule has 0 spiro atoms. The van der Waals surface area contributed by atoms with Gasteiger partial charge in [0.05, 0.1) is 10.7 Å². The molecule has 0 radical (unpaired) electrons. The van der Waals surface area contributed by atoms with Gasteiger partial charge in [0.1, 0.15) is 11.2 Å². The van der Waals surface area contributed by atoms with Crippen molar-refractivity contribution < 1.29 is 4.57 Å². The van der Waals surface area contributed by atoms with Crippen molar-refractivity contribution in [1.82, 2.24) is 0 Å². The van der Waals surface area contributed by atoms with Gasteiger partial charge in [-0.3, -0.25) is 0 Å². The summed E-state index contributed by atoms with van der Waals surface area (Å²) in [6, 6.07) is 22.6. The van der Waals surface area contributed by atoms with Crippen LogP contribution in [0.25, 0.3) is 37.5 Å². The van der Waals surface area contributed by atoms with Crippen molar-refractivity contribution in [1.29, 1.82) is 0 Å². The van der Waals surface area contributed by atoms with Crippen molar-refractivity contribution in [3.8, 4) is 11.1 Å². The van der Waals surface area contributed by atoms with E-state index in [0.717, 1.165) is 25.9 Å². The molecule has 1 aliphatic heterocycles. The Morgan fingerprint density at radius 1 is 0.952 bits per heavy atom. The summed E-state index contributed by atoms with van der Waals surface area (Å²) in [5, 5.41) is 6.34. The van der Waals surface area contributed by atoms with Crippen LogP contribution in [0.1, 0.15) is 51.1 Å². The van der Waals surface area contributed by atoms with Crippen molar-refractivity contribution in [3.63, 3.8) is 0 Å². The molecule has 5 aromatic rings. The highest BCUT2D eigenvalue weighted by atomic mass is 32.2. The fourth-order valence-corrected chi connectivity index (χ4v) is 10.0. The average molecular weight is 606 g/mol. The first-order valence-corrected chi connectivity index (χ1v) is 17.4. The second kappa shape index (κ2) is 10.9. The normalized spacial score (nSPS) is 18.4. The number of thioether (sulfide) groups is 1. The van der Waals surface area contributed by atoms with E-state index in [1.165, 1.54) is 68.8 Å². The average Bonchev–Trinajstić information content (AvgIpc) is 3.63. The van der Waals surface area contributed by atoms with Gasteiger partial charge in [-0.15, -0.1) is 11.3 Å². The Morgan fingerprint density at radius 2 is 1.81 bits per heavy atom. The van der Waals surface area contributed by atoms with Crippen molar-refractivity contribution in [3.05, 3.63) is 105 Å². The van der Waals surface area contributed by atoms with Crippen molar-refractivity contribution in [2.45, 2.75) is 58.9 Å². The molecule has 1 aliphatic carbocycles. The van der Waals surface area contributed by atoms with Crippen LogP contribution in [0.3, 0.4) is 0 Å². The van der Waals surface area contributed by atoms with Crippen molar-refractivity contribution in [2.75, 3.05) is 11.4 Å². The second-order valence-corrected chi connectivity index (χ2v) is 15.3. The van der Waals surface area contributed by atoms with Crippen LogP contribution < -0.4 is 9.47 Å². The van der Waals surface area contributed by atoms with Gasteiger partial charge in [-0.05, 0) is 97.0 Å². The Morgan fingerprint density at radius 3 is 2.64 bits per heavy atom. The minimum absolute atomic E-state index is 0.220. The summed E-state index contributed by atoms with van der Waals surface area (Å²) < 4.78 is 5.19. The van der Waals surface area contributed by atoms with E-state index in [2.05, 4.69) is 128 Å². The minimum atomic E-state index is 0.220. The first-order chi connectivity index (χ1) is 20.3. The molecule has 0 atom stereocenters. The number of rotatable bonds is 5. The van der Waals surface area contributed by atoms with Gasteiger partial charge in [-0.1, -0.05) is 73.4 Å². The van der Waals surface area contributed by atoms with E-state index in [1.807, 2.05) is 34.4 Å². The summed E-state index contributed by atoms with van der Waals surface area (Å²) in [6.45, 7) is 13.5. The SMILES string of the molecule is CCN1/C(=C/C2=CC(=C\c3sc4cc(C)ccc4[n+]3CC)/CC(C)(C)C2)Sc2ccc(-c3csc4ccccc34)cc21. The van der Waals surface area contributed by atoms with Crippen LogP contribution in [0.4, 0.5) is 5.69 Å². The molecule has 0 fully saturated rings. The molecule has 3 aromatic carbocycles. The molecule has 5 heteroatoms. The zero-order valence-corrected chi connectivity index (χ0v) is 27.5. The lowest BCUT2D eigenvalue weighted by Crippen LogP contribution is -2.33. The number of nitrogens with zero attached hydrogens (tertiary/aromatic N) is 2. The van der Waals surface area contributed by atoms with Gasteiger partial charge in [0.25, 0.3) is 5.01 Å². The molecule has 0 N–H and O–H groups in total. The van der Waals surface area contributed by atoms with Crippen molar-refractivity contribution in [2.24, 2.45) is 5.41 Å². The molecule has 0 bridgehead atoms. The summed E-state index contributed by atoms with van der Waals surface area (Å²) >= 11 is 5.67. The van der Waals surface area contributed by atoms with E-state index in [4.69, 9.17) is 0 Å². The largest absolute Gasteiger partial charge is 0.335 e. The first kappa shape index (κ1) is 27.7. The third-order valence-corrected chi connectivity index (χ3v) is 11.6. The van der Waals surface area contributed by atoms with E-state index in [1.54, 1.807) is 0 Å². The predicted octanol–water partition coefficient (Wildman–Crippen LogP) is 11.0. The molecule has 42 heavy (non-hydrogen) atoms. The molecular formula is C37H37N2S3+. The van der Waals surface area contributed by atoms with E-state index in [9.17, 15) is 0 Å². The van der Waals surface area contributed by atoms with Crippen LogP contribution in [0.5, 0.6) is 0 Å². The van der Waals surface area contributed by atoms with Gasteiger partial charge < -0.3 is 4.90 Å². The highest BCUT2D eigenvalue weighted by Gasteiger charge is 2.29. The Labute approximate surface area is 261 Å². The molecule has 0 unspecified atom stereocenters. The summed E-state index contributed by atoms with van der Waals surface area (Å²) in [7, 11) is 0. The van der Waals surface area contributed by atoms with Crippen LogP contribution >= 0.6 is 34.4 Å². The third kappa shape index (κ3) is 5.06. The molecule has 2 aliphatic rings. The first-order valence-electron chi connectivity index (χ1n) is 14.9. The third-order valence-electron chi connectivity index (χ3n) is 8.40. The Balaban J connectivity index is 1.24. The van der Waals surface area contributed by atoms with Crippen LogP contribution in [0.2, 0.25) is 0 Å². The number of fused-ring (bicyclic) bond motifs is 3. The van der Waals surface area contributed by atoms with Gasteiger partial charge in [0.15, 0.2) is 0 Å². The van der Waals surface area contributed by atoms with Crippen molar-refractivity contribution >= 4 is 66.5 Å². The van der Waals surface area contributed by atoms with Gasteiger partial charge in [-0.25, -0.2) is 0 Å². The maximum absolute atomic E-state index is 2.50. The summed E-state index contributed by atoms with van der Waals surface area (Å²) in [5.74, 6) is 0. The Bertz CT molecular complexity index is 1930. The maximum Gasteiger partial charge on any atom is 0.263 e. The van der Waals surface area contributed by atoms with Crippen LogP contribution in [0, 0.1) is 12.3 Å². The summed E-state index contributed by atoms with van der Waals surface area (Å²) in [4.78, 5) is 3.85. The van der Waals surface area contributed by atoms with Gasteiger partial charge in [0, 0.05) is 39.2 Å². The monoisotopic (exact) mass is 605 g/mol. The molecule has 212 valence electrons. The number of hydrogen-bond acceptors (Lipinski definition) is 4. The fraction of sp³-hybridized carbons (Fsp3) is 0.270. The zero-order valence-electron chi connectivity index (χ0n) is 25.0. The number of thiophene rings is 1. The van der Waals surface area contributed by atoms with Crippen LogP contribution in [-0.2, 0) is 6.54 Å². The molecule has 0 amide bonds. The number of allylic oxidation sites excluding steroid dienone is 4. The molecule has 7 rings (SSSR count). The van der Waals surface area contributed by atoms with Gasteiger partial charge >= 0.3 is 0 Å². The lowest BCUT2D eigenvalue weighted by molar-refractivity contribution is -0.665. The molecule has 0 saturated carbocycles. The quantitative estimate of drug-likeness (QED) is 0.184. The van der Waals surface area contributed by atoms with Crippen LogP contribution in [0.15, 0.2) is 99.3 Å². The summed E-state index contributed by atoms with van der Waals surface area (Å²) in [6.07, 6.45) is 9.57. The second-order valence-electron chi connectivity index (χ2n) is 12.3. The van der Waals surface area contributed by atoms with Crippen LogP contribution in [-0.4, -0.2) is 6.54 Å². The van der Waals surface area contributed by atoms with E-state index >= 15 is 0 Å². The smallest absolute Gasteiger partial charge is 0.263 e. The number of anilines is 1. The number of hydrogen-bond donors (Lipinski definition) is 0. The Kier molecular flexibility index (Phi) is 7.16. The van der Waals surface area contributed by atoms with Gasteiger partial charge in [0.2, 0.25) is 5.52 Å². The highest BCUT2D eigenvalue weighted by molar-refractivity contribution is 8.03. The lowest BCUT2D eigenvalue weighted by atomic mass is 9.75.